The molecule has 2 N–H and O–H groups in total. The van der Waals surface area contributed by atoms with Crippen LogP contribution in [0.5, 0.6) is 0 Å². The largest absolute Gasteiger partial charge is 0.338 e. The van der Waals surface area contributed by atoms with Gasteiger partial charge in [-0.25, -0.2) is 9.18 Å². The van der Waals surface area contributed by atoms with Crippen LogP contribution < -0.4 is 10.6 Å². The summed E-state index contributed by atoms with van der Waals surface area (Å²) in [4.78, 5) is 24.4. The third-order valence-corrected chi connectivity index (χ3v) is 3.14. The summed E-state index contributed by atoms with van der Waals surface area (Å²) < 4.78 is 13.3. The summed E-state index contributed by atoms with van der Waals surface area (Å²) in [6.07, 6.45) is 0. The minimum Gasteiger partial charge on any atom is -0.338 e. The molecule has 1 atom stereocenters. The Balaban J connectivity index is 2.13. The molecule has 0 saturated carbocycles. The van der Waals surface area contributed by atoms with Crippen LogP contribution in [-0.4, -0.2) is 38.7 Å². The zero-order chi connectivity index (χ0) is 17.0. The first kappa shape index (κ1) is 16.5. The lowest BCUT2D eigenvalue weighted by atomic mass is 10.1. The first-order valence-electron chi connectivity index (χ1n) is 7.07. The molecule has 0 aliphatic heterocycles. The average molecular weight is 320 g/mol. The van der Waals surface area contributed by atoms with E-state index in [1.54, 1.807) is 19.9 Å². The second kappa shape index (κ2) is 6.95. The van der Waals surface area contributed by atoms with Gasteiger partial charge in [-0.3, -0.25) is 10.1 Å². The van der Waals surface area contributed by atoms with Crippen molar-refractivity contribution in [1.82, 2.24) is 30.8 Å². The van der Waals surface area contributed by atoms with Crippen LogP contribution in [0.3, 0.4) is 0 Å². The van der Waals surface area contributed by atoms with Gasteiger partial charge in [0.2, 0.25) is 5.82 Å². The Morgan fingerprint density at radius 2 is 2.13 bits per heavy atom. The third-order valence-electron chi connectivity index (χ3n) is 3.14. The molecule has 0 spiro atoms. The lowest BCUT2D eigenvalue weighted by Crippen LogP contribution is -2.42. The molecular weight excluding hydrogens is 303 g/mol. The van der Waals surface area contributed by atoms with E-state index in [1.165, 1.54) is 19.1 Å². The number of rotatable bonds is 4. The maximum absolute atomic E-state index is 13.3. The fraction of sp³-hybridized carbons (Fsp3) is 0.357. The highest BCUT2D eigenvalue weighted by atomic mass is 19.1. The van der Waals surface area contributed by atoms with E-state index >= 15 is 0 Å². The summed E-state index contributed by atoms with van der Waals surface area (Å²) in [5.41, 5.74) is 1.05. The number of carbonyl (C=O) groups excluding carboxylic acids is 2. The summed E-state index contributed by atoms with van der Waals surface area (Å²) in [5.74, 6) is -0.614. The Bertz CT molecular complexity index is 730. The molecule has 0 bridgehead atoms. The lowest BCUT2D eigenvalue weighted by molar-refractivity contribution is -0.123. The van der Waals surface area contributed by atoms with Gasteiger partial charge in [0.25, 0.3) is 5.91 Å². The number of benzene rings is 1. The van der Waals surface area contributed by atoms with Crippen molar-refractivity contribution in [2.75, 3.05) is 6.54 Å². The predicted molar refractivity (Wildman–Crippen MR) is 79.9 cm³/mol. The number of imide groups is 1. The highest BCUT2D eigenvalue weighted by Gasteiger charge is 2.20. The molecule has 23 heavy (non-hydrogen) atoms. The number of aryl methyl sites for hydroxylation is 1. The van der Waals surface area contributed by atoms with E-state index in [4.69, 9.17) is 0 Å². The number of carbonyl (C=O) groups is 2. The van der Waals surface area contributed by atoms with Crippen molar-refractivity contribution in [3.05, 3.63) is 29.6 Å². The van der Waals surface area contributed by atoms with Crippen molar-refractivity contribution in [2.24, 2.45) is 0 Å². The van der Waals surface area contributed by atoms with E-state index in [9.17, 15) is 14.0 Å². The van der Waals surface area contributed by atoms with Gasteiger partial charge in [0, 0.05) is 12.1 Å². The standard InChI is InChI=1S/C14H17FN6O2/c1-4-16-14(23)17-13(22)9(3)21-19-12(18-20-21)10-5-6-11(15)8(2)7-10/h5-7,9H,4H2,1-3H3,(H2,16,17,22,23)/t9-/m1/s1. The minimum absolute atomic E-state index is 0.269. The lowest BCUT2D eigenvalue weighted by Gasteiger charge is -2.09. The molecule has 2 rings (SSSR count). The van der Waals surface area contributed by atoms with E-state index in [-0.39, 0.29) is 11.6 Å². The van der Waals surface area contributed by atoms with E-state index in [0.29, 0.717) is 17.7 Å². The number of hydrogen-bond donors (Lipinski definition) is 2. The maximum atomic E-state index is 13.3. The smallest absolute Gasteiger partial charge is 0.321 e. The van der Waals surface area contributed by atoms with Crippen LogP contribution >= 0.6 is 0 Å². The number of hydrogen-bond acceptors (Lipinski definition) is 5. The topological polar surface area (TPSA) is 102 Å². The fourth-order valence-corrected chi connectivity index (χ4v) is 1.81. The zero-order valence-electron chi connectivity index (χ0n) is 13.0. The molecule has 0 saturated heterocycles. The summed E-state index contributed by atoms with van der Waals surface area (Å²) in [6.45, 7) is 5.31. The number of nitrogens with zero attached hydrogens (tertiary/aromatic N) is 4. The zero-order valence-corrected chi connectivity index (χ0v) is 13.0. The highest BCUT2D eigenvalue weighted by molar-refractivity contribution is 5.95. The molecule has 0 aliphatic rings. The quantitative estimate of drug-likeness (QED) is 0.881. The Labute approximate surface area is 132 Å². The summed E-state index contributed by atoms with van der Waals surface area (Å²) in [5, 5.41) is 16.4. The molecule has 2 aromatic rings. The Kier molecular flexibility index (Phi) is 4.99. The van der Waals surface area contributed by atoms with Crippen molar-refractivity contribution < 1.29 is 14.0 Å². The molecule has 1 aromatic heterocycles. The van der Waals surface area contributed by atoms with E-state index < -0.39 is 18.0 Å². The van der Waals surface area contributed by atoms with Crippen molar-refractivity contribution >= 4 is 11.9 Å². The van der Waals surface area contributed by atoms with Gasteiger partial charge in [0.15, 0.2) is 0 Å². The minimum atomic E-state index is -0.819. The SMILES string of the molecule is CCNC(=O)NC(=O)[C@@H](C)n1nnc(-c2ccc(F)c(C)c2)n1. The van der Waals surface area contributed by atoms with Crippen molar-refractivity contribution in [2.45, 2.75) is 26.8 Å². The van der Waals surface area contributed by atoms with Gasteiger partial charge in [-0.15, -0.1) is 10.2 Å². The van der Waals surface area contributed by atoms with Crippen molar-refractivity contribution in [3.63, 3.8) is 0 Å². The molecule has 9 heteroatoms. The third kappa shape index (κ3) is 3.87. The highest BCUT2D eigenvalue weighted by Crippen LogP contribution is 2.18. The fourth-order valence-electron chi connectivity index (χ4n) is 1.81. The molecular formula is C14H17FN6O2. The molecule has 1 aromatic carbocycles. The van der Waals surface area contributed by atoms with E-state index in [1.807, 2.05) is 0 Å². The number of tetrazole rings is 1. The molecule has 0 unspecified atom stereocenters. The van der Waals surface area contributed by atoms with Crippen LogP contribution in [0.2, 0.25) is 0 Å². The first-order chi connectivity index (χ1) is 10.9. The predicted octanol–water partition coefficient (Wildman–Crippen LogP) is 1.19. The number of nitrogens with one attached hydrogen (secondary N) is 2. The number of halogens is 1. The van der Waals surface area contributed by atoms with Crippen LogP contribution in [0.15, 0.2) is 18.2 Å². The van der Waals surface area contributed by atoms with Gasteiger partial charge in [-0.2, -0.15) is 4.80 Å². The number of urea groups is 1. The van der Waals surface area contributed by atoms with Gasteiger partial charge in [0.1, 0.15) is 11.9 Å². The second-order valence-corrected chi connectivity index (χ2v) is 4.92. The van der Waals surface area contributed by atoms with Gasteiger partial charge >= 0.3 is 6.03 Å². The molecule has 122 valence electrons. The van der Waals surface area contributed by atoms with Crippen molar-refractivity contribution in [1.29, 1.82) is 0 Å². The maximum Gasteiger partial charge on any atom is 0.321 e. The Morgan fingerprint density at radius 1 is 1.39 bits per heavy atom. The van der Waals surface area contributed by atoms with Gasteiger partial charge in [-0.05, 0) is 49.7 Å². The van der Waals surface area contributed by atoms with E-state index in [2.05, 4.69) is 26.0 Å². The average Bonchev–Trinajstić information content (AvgIpc) is 2.99. The molecule has 0 aliphatic carbocycles. The summed E-state index contributed by atoms with van der Waals surface area (Å²) >= 11 is 0. The first-order valence-corrected chi connectivity index (χ1v) is 7.07. The van der Waals surface area contributed by atoms with Crippen LogP contribution in [0.25, 0.3) is 11.4 Å². The molecule has 0 radical (unpaired) electrons. The van der Waals surface area contributed by atoms with Crippen LogP contribution in [0.4, 0.5) is 9.18 Å². The van der Waals surface area contributed by atoms with E-state index in [0.717, 1.165) is 4.80 Å². The normalized spacial score (nSPS) is 11.8. The van der Waals surface area contributed by atoms with Crippen molar-refractivity contribution in [3.8, 4) is 11.4 Å². The monoisotopic (exact) mass is 320 g/mol. The van der Waals surface area contributed by atoms with Crippen LogP contribution in [-0.2, 0) is 4.79 Å². The molecule has 8 nitrogen and oxygen atoms in total. The summed E-state index contributed by atoms with van der Waals surface area (Å²) in [7, 11) is 0. The Morgan fingerprint density at radius 3 is 2.78 bits per heavy atom. The van der Waals surface area contributed by atoms with Gasteiger partial charge in [0.05, 0.1) is 0 Å². The van der Waals surface area contributed by atoms with Crippen LogP contribution in [0, 0.1) is 12.7 Å². The number of amides is 3. The van der Waals surface area contributed by atoms with Gasteiger partial charge < -0.3 is 5.32 Å². The molecule has 3 amide bonds. The van der Waals surface area contributed by atoms with Gasteiger partial charge in [-0.1, -0.05) is 0 Å². The Hall–Kier alpha value is -2.84. The summed E-state index contributed by atoms with van der Waals surface area (Å²) in [6, 6.07) is 3.04. The molecule has 0 fully saturated rings. The van der Waals surface area contributed by atoms with Crippen LogP contribution in [0.1, 0.15) is 25.5 Å². The number of aromatic nitrogens is 4. The molecule has 1 heterocycles. The second-order valence-electron chi connectivity index (χ2n) is 4.92.